The number of carbonyl (C=O) groups is 1. The molecule has 0 aliphatic heterocycles. The Bertz CT molecular complexity index is 299. The third kappa shape index (κ3) is 3.59. The maximum atomic E-state index is 10.5. The number of hydrogen-bond acceptors (Lipinski definition) is 3. The molecule has 1 aromatic carbocycles. The molecule has 4 nitrogen and oxygen atoms in total. The van der Waals surface area contributed by atoms with Crippen LogP contribution >= 0.6 is 0 Å². The van der Waals surface area contributed by atoms with E-state index in [-0.39, 0.29) is 5.75 Å². The topological polar surface area (TPSA) is 83.5 Å². The molecule has 1 rings (SSSR count). The zero-order valence-electron chi connectivity index (χ0n) is 6.90. The molecule has 0 heterocycles. The summed E-state index contributed by atoms with van der Waals surface area (Å²) in [5.41, 5.74) is 0.893. The number of phenolic OH excluding ortho intramolecular Hbond substituents is 1. The van der Waals surface area contributed by atoms with Crippen molar-refractivity contribution in [2.75, 3.05) is 0 Å². The molecule has 0 aliphatic rings. The summed E-state index contributed by atoms with van der Waals surface area (Å²) in [6.07, 6.45) is 0. The molecule has 0 unspecified atom stereocenters. The predicted molar refractivity (Wildman–Crippen MR) is 44.0 cm³/mol. The van der Waals surface area contributed by atoms with Gasteiger partial charge < -0.3 is 0 Å². The molecular weight excluding hydrogens is 298 g/mol. The molecule has 0 radical (unpaired) electrons. The van der Waals surface area contributed by atoms with Crippen LogP contribution in [0.2, 0.25) is 0 Å². The Kier molecular flexibility index (Phi) is 4.11. The summed E-state index contributed by atoms with van der Waals surface area (Å²) < 4.78 is 5.22. The van der Waals surface area contributed by atoms with Crippen molar-refractivity contribution in [3.63, 3.8) is 0 Å². The number of phenols is 1. The monoisotopic (exact) mass is 308 g/mol. The van der Waals surface area contributed by atoms with Crippen LogP contribution in [-0.4, -0.2) is 11.7 Å². The van der Waals surface area contributed by atoms with Gasteiger partial charge in [-0.1, -0.05) is 0 Å². The summed E-state index contributed by atoms with van der Waals surface area (Å²) in [4.78, 5) is 10.5. The van der Waals surface area contributed by atoms with E-state index in [1.54, 1.807) is 12.1 Å². The molecule has 13 heavy (non-hydrogen) atoms. The summed E-state index contributed by atoms with van der Waals surface area (Å²) in [6.45, 7) is 0. The van der Waals surface area contributed by atoms with Crippen molar-refractivity contribution in [3.05, 3.63) is 29.8 Å². The van der Waals surface area contributed by atoms with Crippen LogP contribution in [0.1, 0.15) is 5.56 Å². The SMILES string of the molecule is [NH2][Ce]([CH2]c1ccc(O)cc1)[C](=O)O. The molecule has 0 spiro atoms. The van der Waals surface area contributed by atoms with Gasteiger partial charge in [0.1, 0.15) is 0 Å². The van der Waals surface area contributed by atoms with Gasteiger partial charge in [-0.25, -0.2) is 0 Å². The second-order valence-electron chi connectivity index (χ2n) is 2.67. The molecule has 0 bridgehead atoms. The van der Waals surface area contributed by atoms with Gasteiger partial charge in [-0.15, -0.1) is 0 Å². The third-order valence-corrected chi connectivity index (χ3v) is 5.81. The molecule has 0 aromatic heterocycles. The minimum atomic E-state index is -2.88. The van der Waals surface area contributed by atoms with Crippen molar-refractivity contribution in [2.24, 2.45) is 1.70 Å². The molecule has 0 saturated carbocycles. The van der Waals surface area contributed by atoms with Gasteiger partial charge in [0.2, 0.25) is 0 Å². The Balaban J connectivity index is 2.64. The van der Waals surface area contributed by atoms with Crippen molar-refractivity contribution in [3.8, 4) is 5.75 Å². The van der Waals surface area contributed by atoms with Crippen LogP contribution in [-0.2, 0) is 1.94 Å². The molecule has 0 atom stereocenters. The summed E-state index contributed by atoms with van der Waals surface area (Å²) in [6, 6.07) is 6.48. The number of hydrogen-bond donors (Lipinski definition) is 3. The normalized spacial score (nSPS) is 9.62. The van der Waals surface area contributed by atoms with Crippen LogP contribution in [0.3, 0.4) is 0 Å². The van der Waals surface area contributed by atoms with Crippen LogP contribution in [0.5, 0.6) is 5.75 Å². The second-order valence-corrected chi connectivity index (χ2v) is 8.43. The van der Waals surface area contributed by atoms with Crippen molar-refractivity contribution >= 4 is 1.49 Å². The molecule has 69 valence electrons. The molecule has 1 aromatic rings. The third-order valence-electron chi connectivity index (χ3n) is 1.61. The Labute approximate surface area is 90.6 Å². The van der Waals surface area contributed by atoms with Gasteiger partial charge in [0.15, 0.2) is 0 Å². The average molecular weight is 308 g/mol. The predicted octanol–water partition coefficient (Wildman–Crippen LogP) is 1.06. The van der Waals surface area contributed by atoms with Crippen molar-refractivity contribution in [2.45, 2.75) is 1.94 Å². The number of aromatic hydroxyl groups is 1. The van der Waals surface area contributed by atoms with Gasteiger partial charge in [-0.3, -0.25) is 0 Å². The molecule has 0 saturated heterocycles. The Morgan fingerprint density at radius 3 is 2.38 bits per heavy atom. The fourth-order valence-electron chi connectivity index (χ4n) is 0.909. The summed E-state index contributed by atoms with van der Waals surface area (Å²) in [7, 11) is 0. The van der Waals surface area contributed by atoms with E-state index >= 15 is 0 Å². The summed E-state index contributed by atoms with van der Waals surface area (Å²) >= 11 is -2.88. The summed E-state index contributed by atoms with van der Waals surface area (Å²) in [5, 5.41) is 17.6. The molecule has 4 N–H and O–H groups in total. The van der Waals surface area contributed by atoms with Crippen LogP contribution in [0.15, 0.2) is 24.3 Å². The number of carboxylic acid groups (broad SMARTS) is 1. The number of rotatable bonds is 3. The first-order chi connectivity index (χ1) is 6.09. The Hall–Kier alpha value is -0.173. The first kappa shape index (κ1) is 10.9. The molecule has 0 aliphatic carbocycles. The van der Waals surface area contributed by atoms with E-state index in [0.29, 0.717) is 1.94 Å². The maximum absolute atomic E-state index is 10.5. The fraction of sp³-hybridized carbons (Fsp3) is 0.125. The van der Waals surface area contributed by atoms with Crippen LogP contribution in [0.25, 0.3) is 0 Å². The Morgan fingerprint density at radius 1 is 1.38 bits per heavy atom. The first-order valence-corrected chi connectivity index (χ1v) is 9.32. The second kappa shape index (κ2) is 4.90. The van der Waals surface area contributed by atoms with Gasteiger partial charge in [-0.2, -0.15) is 0 Å². The van der Waals surface area contributed by atoms with E-state index in [2.05, 4.69) is 0 Å². The van der Waals surface area contributed by atoms with Gasteiger partial charge in [-0.05, 0) is 0 Å². The molecule has 0 amide bonds. The van der Waals surface area contributed by atoms with Crippen molar-refractivity contribution < 1.29 is 50.9 Å². The standard InChI is InChI=1S/C7H7O.CHO2.Ce.H2N/c1-6-2-4-7(8)5-3-6;2-1-3;;/h2-5,8H,1H2;(H,2,3);;1H2/q;;+1;-1. The van der Waals surface area contributed by atoms with Gasteiger partial charge >= 0.3 is 91.6 Å². The van der Waals surface area contributed by atoms with Crippen molar-refractivity contribution in [1.29, 1.82) is 0 Å². The molecule has 5 heteroatoms. The van der Waals surface area contributed by atoms with Gasteiger partial charge in [0, 0.05) is 0 Å². The zero-order valence-corrected chi connectivity index (χ0v) is 10.0. The van der Waals surface area contributed by atoms with E-state index in [1.165, 1.54) is 12.1 Å². The zero-order chi connectivity index (χ0) is 9.84. The molecule has 0 fully saturated rings. The Morgan fingerprint density at radius 2 is 1.92 bits per heavy atom. The van der Waals surface area contributed by atoms with Gasteiger partial charge in [0.25, 0.3) is 0 Å². The van der Waals surface area contributed by atoms with E-state index in [4.69, 9.17) is 11.9 Å². The van der Waals surface area contributed by atoms with Crippen molar-refractivity contribution in [1.82, 2.24) is 0 Å². The number of nitrogens with two attached hydrogens (primary N) is 1. The average Bonchev–Trinajstić information content (AvgIpc) is 2.08. The van der Waals surface area contributed by atoms with E-state index in [9.17, 15) is 4.79 Å². The first-order valence-electron chi connectivity index (χ1n) is 3.72. The van der Waals surface area contributed by atoms with E-state index in [0.717, 1.165) is 5.56 Å². The van der Waals surface area contributed by atoms with Crippen LogP contribution in [0.4, 0.5) is 4.79 Å². The minimum absolute atomic E-state index is 0.184. The van der Waals surface area contributed by atoms with E-state index in [1.807, 2.05) is 0 Å². The van der Waals surface area contributed by atoms with Crippen LogP contribution < -0.4 is 1.70 Å². The summed E-state index contributed by atoms with van der Waals surface area (Å²) in [5.74, 6) is 0.184. The van der Waals surface area contributed by atoms with Gasteiger partial charge in [0.05, 0.1) is 0 Å². The quantitative estimate of drug-likeness (QED) is 0.780. The van der Waals surface area contributed by atoms with E-state index < -0.39 is 37.3 Å². The van der Waals surface area contributed by atoms with Crippen LogP contribution in [0, 0.1) is 35.8 Å². The fourth-order valence-corrected chi connectivity index (χ4v) is 3.51. The molecular formula is C8H10CeNO3. The number of benzene rings is 1.